The standard InChI is InChI=1S/C14H24N2O9S2.C2H8N2.4C2H4O2/c17-7-9(10(27)8-26)25-14(24)6-16(5-13(22)23)2-1-15(3-11(18)19)4-12(20)21;3-1-2-4;4*1-2(3)4/h9-10,17,26-27H,1-8H2,(H,18,19)(H,20,21)(H,22,23);1-4H2;4*1H3,(H,3,4)/t9-,10-;;;;;/m1...../s1. The second-order valence-corrected chi connectivity index (χ2v) is 9.25. The summed E-state index contributed by atoms with van der Waals surface area (Å²) in [5.74, 6) is -7.61. The van der Waals surface area contributed by atoms with E-state index in [0.717, 1.165) is 32.6 Å². The van der Waals surface area contributed by atoms with Crippen molar-refractivity contribution in [1.29, 1.82) is 0 Å². The molecule has 12 N–H and O–H groups in total. The molecule has 0 radical (unpaired) electrons. The number of carboxylic acid groups (broad SMARTS) is 7. The van der Waals surface area contributed by atoms with Crippen LogP contribution in [0.1, 0.15) is 27.7 Å². The molecule has 0 amide bonds. The van der Waals surface area contributed by atoms with Gasteiger partial charge in [0.05, 0.1) is 32.8 Å². The number of nitrogens with zero attached hydrogens (tertiary/aromatic N) is 2. The van der Waals surface area contributed by atoms with E-state index in [1.54, 1.807) is 0 Å². The average molecular weight is 729 g/mol. The quantitative estimate of drug-likeness (QED) is 0.0565. The van der Waals surface area contributed by atoms with Gasteiger partial charge in [0, 0.05) is 64.9 Å². The van der Waals surface area contributed by atoms with E-state index in [-0.39, 0.29) is 18.8 Å². The molecular formula is C24H48N4O17S2. The van der Waals surface area contributed by atoms with Gasteiger partial charge >= 0.3 is 23.9 Å². The number of carbonyl (C=O) groups is 8. The van der Waals surface area contributed by atoms with Crippen molar-refractivity contribution < 1.29 is 83.9 Å². The molecule has 23 heteroatoms. The number of aliphatic carboxylic acids is 7. The minimum Gasteiger partial charge on any atom is -0.481 e. The number of aliphatic hydroxyl groups excluding tert-OH is 1. The minimum atomic E-state index is -1.24. The number of thiol groups is 2. The first-order valence-corrected chi connectivity index (χ1v) is 14.0. The monoisotopic (exact) mass is 728 g/mol. The third kappa shape index (κ3) is 74.8. The lowest BCUT2D eigenvalue weighted by Crippen LogP contribution is -2.44. The van der Waals surface area contributed by atoms with Gasteiger partial charge in [-0.15, -0.1) is 0 Å². The van der Waals surface area contributed by atoms with Gasteiger partial charge in [-0.25, -0.2) is 0 Å². The van der Waals surface area contributed by atoms with Crippen LogP contribution in [-0.4, -0.2) is 174 Å². The predicted molar refractivity (Wildman–Crippen MR) is 171 cm³/mol. The summed E-state index contributed by atoms with van der Waals surface area (Å²) in [4.78, 5) is 82.8. The molecular weight excluding hydrogens is 680 g/mol. The Hall–Kier alpha value is -3.74. The lowest BCUT2D eigenvalue weighted by atomic mass is 10.3. The molecule has 0 rings (SSSR count). The van der Waals surface area contributed by atoms with Crippen LogP contribution in [0.5, 0.6) is 0 Å². The lowest BCUT2D eigenvalue weighted by Gasteiger charge is -2.25. The first-order valence-electron chi connectivity index (χ1n) is 12.8. The van der Waals surface area contributed by atoms with Crippen molar-refractivity contribution in [3.05, 3.63) is 0 Å². The number of hydrogen-bond acceptors (Lipinski definition) is 16. The summed E-state index contributed by atoms with van der Waals surface area (Å²) in [5.41, 5.74) is 9.81. The summed E-state index contributed by atoms with van der Waals surface area (Å²) in [7, 11) is 0. The number of aliphatic hydroxyl groups is 1. The van der Waals surface area contributed by atoms with Gasteiger partial charge in [-0.1, -0.05) is 0 Å². The second-order valence-electron chi connectivity index (χ2n) is 8.22. The average Bonchev–Trinajstić information content (AvgIpc) is 2.87. The smallest absolute Gasteiger partial charge is 0.320 e. The van der Waals surface area contributed by atoms with E-state index in [0.29, 0.717) is 13.1 Å². The highest BCUT2D eigenvalue weighted by Crippen LogP contribution is 2.09. The third-order valence-corrected chi connectivity index (χ3v) is 4.60. The van der Waals surface area contributed by atoms with Crippen molar-refractivity contribution >= 4 is 73.0 Å². The zero-order chi connectivity index (χ0) is 38.7. The Morgan fingerprint density at radius 2 is 0.872 bits per heavy atom. The summed E-state index contributed by atoms with van der Waals surface area (Å²) in [5, 5.41) is 64.9. The van der Waals surface area contributed by atoms with E-state index >= 15 is 0 Å². The Kier molecular flexibility index (Phi) is 45.5. The Morgan fingerprint density at radius 1 is 0.617 bits per heavy atom. The van der Waals surface area contributed by atoms with Gasteiger partial charge in [0.15, 0.2) is 0 Å². The van der Waals surface area contributed by atoms with Crippen LogP contribution in [0.25, 0.3) is 0 Å². The first kappa shape index (κ1) is 55.6. The van der Waals surface area contributed by atoms with E-state index < -0.39 is 91.9 Å². The van der Waals surface area contributed by atoms with Gasteiger partial charge in [-0.2, -0.15) is 25.3 Å². The molecule has 0 spiro atoms. The highest BCUT2D eigenvalue weighted by Gasteiger charge is 2.23. The van der Waals surface area contributed by atoms with Crippen LogP contribution in [0.3, 0.4) is 0 Å². The van der Waals surface area contributed by atoms with Gasteiger partial charge < -0.3 is 57.1 Å². The molecule has 0 fully saturated rings. The maximum atomic E-state index is 12.0. The number of carboxylic acids is 7. The molecule has 0 aliphatic rings. The zero-order valence-corrected chi connectivity index (χ0v) is 28.2. The number of carbonyl (C=O) groups excluding carboxylic acids is 1. The molecule has 0 aromatic rings. The fraction of sp³-hybridized carbons (Fsp3) is 0.667. The van der Waals surface area contributed by atoms with Crippen molar-refractivity contribution in [2.45, 2.75) is 39.0 Å². The van der Waals surface area contributed by atoms with Gasteiger partial charge in [0.1, 0.15) is 6.10 Å². The van der Waals surface area contributed by atoms with E-state index in [2.05, 4.69) is 25.3 Å². The van der Waals surface area contributed by atoms with E-state index in [1.807, 2.05) is 0 Å². The Bertz CT molecular complexity index is 831. The van der Waals surface area contributed by atoms with Crippen molar-refractivity contribution in [2.75, 3.05) is 64.7 Å². The third-order valence-electron chi connectivity index (χ3n) is 3.41. The summed E-state index contributed by atoms with van der Waals surface area (Å²) < 4.78 is 5.05. The number of rotatable bonds is 16. The van der Waals surface area contributed by atoms with Gasteiger partial charge in [0.25, 0.3) is 23.9 Å². The molecule has 0 saturated heterocycles. The number of esters is 1. The van der Waals surface area contributed by atoms with Crippen molar-refractivity contribution in [1.82, 2.24) is 9.80 Å². The number of nitrogens with two attached hydrogens (primary N) is 2. The van der Waals surface area contributed by atoms with Crippen LogP contribution >= 0.6 is 25.3 Å². The van der Waals surface area contributed by atoms with Crippen LogP contribution in [-0.2, 0) is 43.1 Å². The molecule has 21 nitrogen and oxygen atoms in total. The molecule has 0 aromatic carbocycles. The van der Waals surface area contributed by atoms with E-state index in [9.17, 15) is 24.3 Å². The molecule has 0 aliphatic heterocycles. The van der Waals surface area contributed by atoms with Crippen molar-refractivity contribution in [3.63, 3.8) is 0 Å². The van der Waals surface area contributed by atoms with Crippen LogP contribution in [0.4, 0.5) is 0 Å². The summed E-state index contributed by atoms with van der Waals surface area (Å²) in [6.45, 7) is 2.80. The second kappa shape index (κ2) is 38.4. The van der Waals surface area contributed by atoms with Crippen molar-refractivity contribution in [2.24, 2.45) is 11.5 Å². The molecule has 0 heterocycles. The molecule has 0 aromatic heterocycles. The van der Waals surface area contributed by atoms with Crippen LogP contribution < -0.4 is 11.5 Å². The summed E-state index contributed by atoms with van der Waals surface area (Å²) in [6, 6.07) is 0. The van der Waals surface area contributed by atoms with Crippen LogP contribution in [0, 0.1) is 0 Å². The molecule has 0 saturated carbocycles. The van der Waals surface area contributed by atoms with Gasteiger partial charge in [-0.3, -0.25) is 48.2 Å². The fourth-order valence-electron chi connectivity index (χ4n) is 2.03. The molecule has 47 heavy (non-hydrogen) atoms. The summed E-state index contributed by atoms with van der Waals surface area (Å²) in [6.07, 6.45) is -0.916. The Balaban J connectivity index is -0.000000169. The largest absolute Gasteiger partial charge is 0.481 e. The first-order chi connectivity index (χ1) is 21.4. The zero-order valence-electron chi connectivity index (χ0n) is 26.4. The molecule has 0 bridgehead atoms. The molecule has 0 aliphatic carbocycles. The van der Waals surface area contributed by atoms with Gasteiger partial charge in [-0.05, 0) is 0 Å². The lowest BCUT2D eigenvalue weighted by molar-refractivity contribution is -0.153. The highest BCUT2D eigenvalue weighted by molar-refractivity contribution is 7.84. The SMILES string of the molecule is CC(=O)O.CC(=O)O.CC(=O)O.CC(=O)O.NCCN.O=C(O)CN(CCN(CC(=O)O)CC(=O)O[C@H](CO)[C@H](S)CS)CC(=O)O. The van der Waals surface area contributed by atoms with Crippen molar-refractivity contribution in [3.8, 4) is 0 Å². The maximum Gasteiger partial charge on any atom is 0.320 e. The van der Waals surface area contributed by atoms with Gasteiger partial charge in [0.2, 0.25) is 0 Å². The predicted octanol–water partition coefficient (Wildman–Crippen LogP) is -2.76. The Morgan fingerprint density at radius 3 is 1.06 bits per heavy atom. The summed E-state index contributed by atoms with van der Waals surface area (Å²) >= 11 is 8.11. The topological polar surface area (TPSA) is 366 Å². The van der Waals surface area contributed by atoms with Crippen LogP contribution in [0.15, 0.2) is 0 Å². The highest BCUT2D eigenvalue weighted by atomic mass is 32.1. The fourth-order valence-corrected chi connectivity index (χ4v) is 2.42. The maximum absolute atomic E-state index is 12.0. The number of hydrogen-bond donors (Lipinski definition) is 12. The molecule has 0 unspecified atom stereocenters. The normalized spacial score (nSPS) is 10.4. The molecule has 278 valence electrons. The van der Waals surface area contributed by atoms with E-state index in [1.165, 1.54) is 4.90 Å². The molecule has 2 atom stereocenters. The number of ether oxygens (including phenoxy) is 1. The van der Waals surface area contributed by atoms with E-state index in [4.69, 9.17) is 71.1 Å². The minimum absolute atomic E-state index is 0.0807. The Labute approximate surface area is 281 Å². The van der Waals surface area contributed by atoms with Crippen LogP contribution in [0.2, 0.25) is 0 Å².